The van der Waals surface area contributed by atoms with Crippen LogP contribution in [0, 0.1) is 13.8 Å². The summed E-state index contributed by atoms with van der Waals surface area (Å²) in [5.74, 6) is 0.0301. The van der Waals surface area contributed by atoms with E-state index in [0.717, 1.165) is 22.1 Å². The molecule has 0 spiro atoms. The van der Waals surface area contributed by atoms with Crippen molar-refractivity contribution in [3.63, 3.8) is 0 Å². The van der Waals surface area contributed by atoms with Crippen LogP contribution in [0.4, 0.5) is 0 Å². The Bertz CT molecular complexity index is 1120. The number of benzene rings is 2. The van der Waals surface area contributed by atoms with Crippen molar-refractivity contribution < 1.29 is 14.3 Å². The minimum Gasteiger partial charge on any atom is -0.481 e. The Hall–Kier alpha value is -2.50. The van der Waals surface area contributed by atoms with Crippen molar-refractivity contribution in [2.24, 2.45) is 0 Å². The van der Waals surface area contributed by atoms with Crippen LogP contribution < -0.4 is 10.3 Å². The molecule has 1 N–H and O–H groups in total. The number of pyridine rings is 1. The summed E-state index contributed by atoms with van der Waals surface area (Å²) in [6.45, 7) is 3.53. The molecule has 0 amide bonds. The van der Waals surface area contributed by atoms with Crippen LogP contribution in [0.2, 0.25) is 10.0 Å². The van der Waals surface area contributed by atoms with E-state index in [2.05, 4.69) is 9.72 Å². The monoisotopic (exact) mass is 419 g/mol. The molecule has 0 aliphatic heterocycles. The van der Waals surface area contributed by atoms with Crippen molar-refractivity contribution in [2.75, 3.05) is 13.7 Å². The van der Waals surface area contributed by atoms with E-state index in [1.54, 1.807) is 18.2 Å². The van der Waals surface area contributed by atoms with Gasteiger partial charge in [0, 0.05) is 27.4 Å². The molecule has 28 heavy (non-hydrogen) atoms. The number of nitrogens with one attached hydrogen (secondary N) is 1. The molecular formula is C21H19Cl2NO4. The minimum absolute atomic E-state index is 0.194. The van der Waals surface area contributed by atoms with Crippen molar-refractivity contribution >= 4 is 40.1 Å². The van der Waals surface area contributed by atoms with Gasteiger partial charge in [0.1, 0.15) is 5.75 Å². The molecule has 0 saturated heterocycles. The Morgan fingerprint density at radius 2 is 1.89 bits per heavy atom. The predicted octanol–water partition coefficient (Wildman–Crippen LogP) is 4.59. The van der Waals surface area contributed by atoms with Crippen molar-refractivity contribution in [3.8, 4) is 5.75 Å². The van der Waals surface area contributed by atoms with Gasteiger partial charge in [-0.05, 0) is 54.8 Å². The van der Waals surface area contributed by atoms with E-state index in [-0.39, 0.29) is 12.2 Å². The number of hydrogen-bond acceptors (Lipinski definition) is 4. The number of aromatic amines is 1. The summed E-state index contributed by atoms with van der Waals surface area (Å²) >= 11 is 12.2. The second-order valence-corrected chi connectivity index (χ2v) is 7.36. The van der Waals surface area contributed by atoms with Gasteiger partial charge in [-0.3, -0.25) is 4.79 Å². The molecule has 5 nitrogen and oxygen atoms in total. The second-order valence-electron chi connectivity index (χ2n) is 6.52. The molecule has 3 rings (SSSR count). The second kappa shape index (κ2) is 8.25. The number of rotatable bonds is 5. The maximum absolute atomic E-state index is 12.7. The Balaban J connectivity index is 2.12. The highest BCUT2D eigenvalue weighted by Gasteiger charge is 2.16. The number of fused-ring (bicyclic) bond motifs is 1. The summed E-state index contributed by atoms with van der Waals surface area (Å²) in [6, 6.07) is 8.89. The lowest BCUT2D eigenvalue weighted by Crippen LogP contribution is -2.17. The summed E-state index contributed by atoms with van der Waals surface area (Å²) in [4.78, 5) is 27.1. The van der Waals surface area contributed by atoms with E-state index in [4.69, 9.17) is 27.9 Å². The third-order valence-corrected chi connectivity index (χ3v) is 5.14. The number of esters is 1. The topological polar surface area (TPSA) is 68.4 Å². The number of carbonyl (C=O) groups is 1. The van der Waals surface area contributed by atoms with E-state index in [9.17, 15) is 9.59 Å². The van der Waals surface area contributed by atoms with Gasteiger partial charge < -0.3 is 14.5 Å². The normalized spacial score (nSPS) is 10.9. The Labute approximate surface area is 172 Å². The summed E-state index contributed by atoms with van der Waals surface area (Å²) in [6.07, 6.45) is 0.345. The number of aryl methyl sites for hydroxylation is 2. The molecule has 3 aromatic rings. The molecule has 146 valence electrons. The molecule has 1 heterocycles. The fourth-order valence-electron chi connectivity index (χ4n) is 3.14. The number of H-pyrrole nitrogens is 1. The zero-order chi connectivity index (χ0) is 20.4. The molecule has 2 aromatic carbocycles. The first-order valence-corrected chi connectivity index (χ1v) is 9.35. The smallest absolute Gasteiger partial charge is 0.343 e. The lowest BCUT2D eigenvalue weighted by atomic mass is 9.97. The van der Waals surface area contributed by atoms with Crippen molar-refractivity contribution in [2.45, 2.75) is 20.3 Å². The van der Waals surface area contributed by atoms with Crippen LogP contribution in [-0.2, 0) is 16.0 Å². The predicted molar refractivity (Wildman–Crippen MR) is 111 cm³/mol. The van der Waals surface area contributed by atoms with Gasteiger partial charge in [0.15, 0.2) is 6.61 Å². The number of aromatic nitrogens is 1. The Morgan fingerprint density at radius 3 is 2.57 bits per heavy atom. The third-order valence-electron chi connectivity index (χ3n) is 4.55. The minimum atomic E-state index is -0.482. The molecule has 0 radical (unpaired) electrons. The number of methoxy groups -OCH3 is 1. The zero-order valence-electron chi connectivity index (χ0n) is 15.7. The van der Waals surface area contributed by atoms with Gasteiger partial charge >= 0.3 is 5.97 Å². The molecular weight excluding hydrogens is 401 g/mol. The van der Waals surface area contributed by atoms with Crippen LogP contribution in [0.15, 0.2) is 35.1 Å². The molecule has 0 unspecified atom stereocenters. The Morgan fingerprint density at radius 1 is 1.14 bits per heavy atom. The molecule has 0 saturated carbocycles. The third kappa shape index (κ3) is 4.16. The van der Waals surface area contributed by atoms with Gasteiger partial charge in [-0.1, -0.05) is 29.3 Å². The Kier molecular flexibility index (Phi) is 5.96. The molecule has 0 aliphatic rings. The quantitative estimate of drug-likeness (QED) is 0.613. The van der Waals surface area contributed by atoms with Crippen LogP contribution in [-0.4, -0.2) is 24.7 Å². The molecule has 1 aromatic heterocycles. The SMILES string of the molecule is COC(=O)COc1cc(C)cc2[nH]c(=O)c(Cc3ccc(Cl)cc3Cl)c(C)c12. The first-order valence-electron chi connectivity index (χ1n) is 8.59. The van der Waals surface area contributed by atoms with Crippen molar-refractivity contribution in [1.29, 1.82) is 0 Å². The van der Waals surface area contributed by atoms with Crippen LogP contribution in [0.3, 0.4) is 0 Å². The highest BCUT2D eigenvalue weighted by molar-refractivity contribution is 6.35. The van der Waals surface area contributed by atoms with Crippen LogP contribution >= 0.6 is 23.2 Å². The molecule has 0 fully saturated rings. The molecule has 0 bridgehead atoms. The highest BCUT2D eigenvalue weighted by Crippen LogP contribution is 2.31. The summed E-state index contributed by atoms with van der Waals surface area (Å²) in [5.41, 5.74) is 3.49. The van der Waals surface area contributed by atoms with Crippen LogP contribution in [0.1, 0.15) is 22.3 Å². The summed E-state index contributed by atoms with van der Waals surface area (Å²) in [7, 11) is 1.30. The molecule has 7 heteroatoms. The maximum atomic E-state index is 12.7. The summed E-state index contributed by atoms with van der Waals surface area (Å²) < 4.78 is 10.3. The average Bonchev–Trinajstić information content (AvgIpc) is 2.63. The van der Waals surface area contributed by atoms with Gasteiger partial charge in [0.05, 0.1) is 12.6 Å². The van der Waals surface area contributed by atoms with Gasteiger partial charge in [0.25, 0.3) is 5.56 Å². The van der Waals surface area contributed by atoms with E-state index >= 15 is 0 Å². The van der Waals surface area contributed by atoms with Gasteiger partial charge in [-0.2, -0.15) is 0 Å². The fraction of sp³-hybridized carbons (Fsp3) is 0.238. The van der Waals surface area contributed by atoms with Gasteiger partial charge in [0.2, 0.25) is 0 Å². The summed E-state index contributed by atoms with van der Waals surface area (Å²) in [5, 5.41) is 1.78. The van der Waals surface area contributed by atoms with Crippen molar-refractivity contribution in [1.82, 2.24) is 4.98 Å². The van der Waals surface area contributed by atoms with Crippen LogP contribution in [0.5, 0.6) is 5.75 Å². The number of ether oxygens (including phenoxy) is 2. The van der Waals surface area contributed by atoms with E-state index < -0.39 is 5.97 Å². The average molecular weight is 420 g/mol. The van der Waals surface area contributed by atoms with Gasteiger partial charge in [-0.15, -0.1) is 0 Å². The van der Waals surface area contributed by atoms with E-state index in [0.29, 0.717) is 33.3 Å². The lowest BCUT2D eigenvalue weighted by Gasteiger charge is -2.15. The largest absolute Gasteiger partial charge is 0.481 e. The number of halogens is 2. The highest BCUT2D eigenvalue weighted by atomic mass is 35.5. The molecule has 0 aliphatic carbocycles. The van der Waals surface area contributed by atoms with Gasteiger partial charge in [-0.25, -0.2) is 4.79 Å². The van der Waals surface area contributed by atoms with Crippen molar-refractivity contribution in [3.05, 3.63) is 73.0 Å². The van der Waals surface area contributed by atoms with E-state index in [1.165, 1.54) is 7.11 Å². The first-order chi connectivity index (χ1) is 13.3. The molecule has 0 atom stereocenters. The number of hydrogen-bond donors (Lipinski definition) is 1. The number of carbonyl (C=O) groups excluding carboxylic acids is 1. The van der Waals surface area contributed by atoms with Crippen LogP contribution in [0.25, 0.3) is 10.9 Å². The lowest BCUT2D eigenvalue weighted by molar-refractivity contribution is -0.142. The maximum Gasteiger partial charge on any atom is 0.343 e. The standard InChI is InChI=1S/C21H19Cl2NO4/c1-11-6-17-20(18(7-11)28-10-19(25)27-3)12(2)15(21(26)24-17)8-13-4-5-14(22)9-16(13)23/h4-7,9H,8,10H2,1-3H3,(H,24,26). The first kappa shape index (κ1) is 20.2. The van der Waals surface area contributed by atoms with E-state index in [1.807, 2.05) is 26.0 Å². The zero-order valence-corrected chi connectivity index (χ0v) is 17.2. The fourth-order valence-corrected chi connectivity index (χ4v) is 3.61.